The Morgan fingerprint density at radius 2 is 1.68 bits per heavy atom. The summed E-state index contributed by atoms with van der Waals surface area (Å²) in [5, 5.41) is 0. The van der Waals surface area contributed by atoms with E-state index in [0.717, 1.165) is 18.7 Å². The Labute approximate surface area is 116 Å². The van der Waals surface area contributed by atoms with Crippen LogP contribution in [0.4, 0.5) is 0 Å². The van der Waals surface area contributed by atoms with Gasteiger partial charge in [-0.3, -0.25) is 4.79 Å². The molecule has 1 unspecified atom stereocenters. The number of hydrogen-bond donors (Lipinski definition) is 0. The van der Waals surface area contributed by atoms with E-state index in [4.69, 9.17) is 0 Å². The van der Waals surface area contributed by atoms with Crippen LogP contribution >= 0.6 is 0 Å². The van der Waals surface area contributed by atoms with Crippen LogP contribution in [0.3, 0.4) is 0 Å². The summed E-state index contributed by atoms with van der Waals surface area (Å²) in [5.74, 6) is 1.08. The Hall–Kier alpha value is -1.25. The zero-order chi connectivity index (χ0) is 14.5. The van der Waals surface area contributed by atoms with Gasteiger partial charge in [0.25, 0.3) is 0 Å². The minimum Gasteiger partial charge on any atom is -0.299 e. The van der Waals surface area contributed by atoms with Crippen LogP contribution in [0.15, 0.2) is 18.5 Å². The Morgan fingerprint density at radius 1 is 1.11 bits per heavy atom. The van der Waals surface area contributed by atoms with Crippen molar-refractivity contribution in [2.24, 2.45) is 10.8 Å². The van der Waals surface area contributed by atoms with Crippen molar-refractivity contribution in [3.05, 3.63) is 24.3 Å². The summed E-state index contributed by atoms with van der Waals surface area (Å²) in [5.41, 5.74) is -0.243. The van der Waals surface area contributed by atoms with Gasteiger partial charge in [0, 0.05) is 30.7 Å². The minimum atomic E-state index is -0.267. The van der Waals surface area contributed by atoms with E-state index in [1.54, 1.807) is 18.5 Å². The lowest BCUT2D eigenvalue weighted by Gasteiger charge is -2.42. The second-order valence-electron chi connectivity index (χ2n) is 6.01. The van der Waals surface area contributed by atoms with Gasteiger partial charge in [0.15, 0.2) is 0 Å². The van der Waals surface area contributed by atoms with Crippen molar-refractivity contribution in [2.45, 2.75) is 60.3 Å². The average Bonchev–Trinajstić information content (AvgIpc) is 2.44. The molecule has 1 atom stereocenters. The van der Waals surface area contributed by atoms with Gasteiger partial charge in [-0.1, -0.05) is 41.0 Å². The lowest BCUT2D eigenvalue weighted by atomic mass is 9.61. The van der Waals surface area contributed by atoms with E-state index in [9.17, 15) is 4.79 Å². The second kappa shape index (κ2) is 6.27. The van der Waals surface area contributed by atoms with Crippen molar-refractivity contribution >= 4 is 5.78 Å². The van der Waals surface area contributed by atoms with E-state index in [1.807, 2.05) is 0 Å². The zero-order valence-corrected chi connectivity index (χ0v) is 12.9. The molecule has 1 heterocycles. The van der Waals surface area contributed by atoms with Crippen molar-refractivity contribution in [1.82, 2.24) is 9.97 Å². The number of Topliss-reactive ketones (excluding diaryl/α,β-unsaturated/α-hetero) is 1. The number of nitrogens with zero attached hydrogens (tertiary/aromatic N) is 2. The third-order valence-corrected chi connectivity index (χ3v) is 4.90. The maximum atomic E-state index is 12.6. The van der Waals surface area contributed by atoms with Gasteiger partial charge in [-0.25, -0.2) is 9.97 Å². The number of rotatable bonds is 7. The smallest absolute Gasteiger partial charge is 0.139 e. The van der Waals surface area contributed by atoms with Crippen molar-refractivity contribution in [3.8, 4) is 0 Å². The van der Waals surface area contributed by atoms with Crippen molar-refractivity contribution in [1.29, 1.82) is 0 Å². The maximum absolute atomic E-state index is 12.6. The van der Waals surface area contributed by atoms with Crippen LogP contribution < -0.4 is 0 Å². The number of carbonyl (C=O) groups excluding carboxylic acids is 1. The molecule has 0 fully saturated rings. The molecule has 0 amide bonds. The first-order valence-corrected chi connectivity index (χ1v) is 7.16. The molecular formula is C16H26N2O. The van der Waals surface area contributed by atoms with E-state index >= 15 is 0 Å². The molecule has 0 saturated heterocycles. The quantitative estimate of drug-likeness (QED) is 0.750. The molecule has 0 aliphatic heterocycles. The SMILES string of the molecule is CCC(C)(C)C(C)(CC)C(=O)CCc1ncccn1. The van der Waals surface area contributed by atoms with E-state index in [-0.39, 0.29) is 10.8 Å². The second-order valence-corrected chi connectivity index (χ2v) is 6.01. The first-order chi connectivity index (χ1) is 8.87. The number of ketones is 1. The van der Waals surface area contributed by atoms with Gasteiger partial charge in [0.05, 0.1) is 0 Å². The molecule has 1 aromatic rings. The van der Waals surface area contributed by atoms with Crippen LogP contribution in [0.5, 0.6) is 0 Å². The average molecular weight is 262 g/mol. The topological polar surface area (TPSA) is 42.9 Å². The van der Waals surface area contributed by atoms with E-state index in [1.165, 1.54) is 0 Å². The van der Waals surface area contributed by atoms with Crippen LogP contribution in [0.1, 0.15) is 59.7 Å². The van der Waals surface area contributed by atoms with Gasteiger partial charge >= 0.3 is 0 Å². The monoisotopic (exact) mass is 262 g/mol. The van der Waals surface area contributed by atoms with Crippen molar-refractivity contribution in [3.63, 3.8) is 0 Å². The van der Waals surface area contributed by atoms with E-state index in [2.05, 4.69) is 44.6 Å². The summed E-state index contributed by atoms with van der Waals surface area (Å²) in [6, 6.07) is 1.79. The fraction of sp³-hybridized carbons (Fsp3) is 0.688. The van der Waals surface area contributed by atoms with Crippen LogP contribution in [0, 0.1) is 10.8 Å². The number of aryl methyl sites for hydroxylation is 1. The highest BCUT2D eigenvalue weighted by atomic mass is 16.1. The summed E-state index contributed by atoms with van der Waals surface area (Å²) in [6.07, 6.45) is 6.49. The number of hydrogen-bond acceptors (Lipinski definition) is 3. The van der Waals surface area contributed by atoms with E-state index in [0.29, 0.717) is 18.6 Å². The number of aromatic nitrogens is 2. The molecule has 0 radical (unpaired) electrons. The summed E-state index contributed by atoms with van der Waals surface area (Å²) >= 11 is 0. The van der Waals surface area contributed by atoms with E-state index < -0.39 is 0 Å². The van der Waals surface area contributed by atoms with Crippen LogP contribution in [0.25, 0.3) is 0 Å². The molecule has 3 heteroatoms. The normalized spacial score (nSPS) is 15.0. The Kier molecular flexibility index (Phi) is 5.21. The molecule has 0 saturated carbocycles. The molecule has 106 valence electrons. The highest BCUT2D eigenvalue weighted by molar-refractivity contribution is 5.85. The third-order valence-electron chi connectivity index (χ3n) is 4.90. The van der Waals surface area contributed by atoms with Crippen LogP contribution in [-0.2, 0) is 11.2 Å². The van der Waals surface area contributed by atoms with Crippen LogP contribution in [0.2, 0.25) is 0 Å². The van der Waals surface area contributed by atoms with Gasteiger partial charge in [-0.2, -0.15) is 0 Å². The minimum absolute atomic E-state index is 0.0242. The first kappa shape index (κ1) is 15.8. The summed E-state index contributed by atoms with van der Waals surface area (Å²) < 4.78 is 0. The van der Waals surface area contributed by atoms with Gasteiger partial charge in [0.2, 0.25) is 0 Å². The molecule has 1 aromatic heterocycles. The molecule has 19 heavy (non-hydrogen) atoms. The van der Waals surface area contributed by atoms with Gasteiger partial charge in [-0.05, 0) is 17.9 Å². The predicted molar refractivity (Wildman–Crippen MR) is 77.8 cm³/mol. The molecule has 1 rings (SSSR count). The lowest BCUT2D eigenvalue weighted by molar-refractivity contribution is -0.135. The Bertz CT molecular complexity index is 414. The van der Waals surface area contributed by atoms with Gasteiger partial charge in [-0.15, -0.1) is 0 Å². The highest BCUT2D eigenvalue weighted by Crippen LogP contribution is 2.45. The molecule has 0 spiro atoms. The molecule has 0 N–H and O–H groups in total. The highest BCUT2D eigenvalue weighted by Gasteiger charge is 2.43. The standard InChI is InChI=1S/C16H26N2O/c1-6-15(3,4)16(5,7-2)13(19)9-10-14-17-11-8-12-18-14/h8,11-12H,6-7,9-10H2,1-5H3. The predicted octanol–water partition coefficient (Wildman–Crippen LogP) is 3.83. The first-order valence-electron chi connectivity index (χ1n) is 7.16. The fourth-order valence-corrected chi connectivity index (χ4v) is 2.40. The van der Waals surface area contributed by atoms with Crippen LogP contribution in [-0.4, -0.2) is 15.8 Å². The number of carbonyl (C=O) groups is 1. The molecule has 0 aliphatic rings. The van der Waals surface area contributed by atoms with Crippen molar-refractivity contribution < 1.29 is 4.79 Å². The Balaban J connectivity index is 2.75. The Morgan fingerprint density at radius 3 is 2.16 bits per heavy atom. The molecule has 0 aromatic carbocycles. The zero-order valence-electron chi connectivity index (χ0n) is 12.9. The summed E-state index contributed by atoms with van der Waals surface area (Å²) in [4.78, 5) is 21.0. The lowest BCUT2D eigenvalue weighted by Crippen LogP contribution is -2.41. The fourth-order valence-electron chi connectivity index (χ4n) is 2.40. The van der Waals surface area contributed by atoms with Gasteiger partial charge in [0.1, 0.15) is 11.6 Å². The maximum Gasteiger partial charge on any atom is 0.139 e. The molecular weight excluding hydrogens is 236 g/mol. The largest absolute Gasteiger partial charge is 0.299 e. The summed E-state index contributed by atoms with van der Waals surface area (Å²) in [6.45, 7) is 10.7. The van der Waals surface area contributed by atoms with Crippen molar-refractivity contribution in [2.75, 3.05) is 0 Å². The third kappa shape index (κ3) is 3.40. The van der Waals surface area contributed by atoms with Gasteiger partial charge < -0.3 is 0 Å². The summed E-state index contributed by atoms with van der Waals surface area (Å²) in [7, 11) is 0. The molecule has 3 nitrogen and oxygen atoms in total. The molecule has 0 bridgehead atoms. The molecule has 0 aliphatic carbocycles.